The maximum absolute atomic E-state index is 13.3. The van der Waals surface area contributed by atoms with Gasteiger partial charge in [-0.05, 0) is 50.6 Å². The van der Waals surface area contributed by atoms with Crippen molar-refractivity contribution >= 4 is 5.69 Å². The van der Waals surface area contributed by atoms with E-state index in [-0.39, 0.29) is 5.82 Å². The summed E-state index contributed by atoms with van der Waals surface area (Å²) in [4.78, 5) is 2.19. The lowest BCUT2D eigenvalue weighted by atomic mass is 10.1. The van der Waals surface area contributed by atoms with Crippen molar-refractivity contribution in [1.82, 2.24) is 0 Å². The molecule has 0 saturated carbocycles. The van der Waals surface area contributed by atoms with E-state index in [4.69, 9.17) is 10.5 Å². The molecule has 0 atom stereocenters. The number of hydrogen-bond acceptors (Lipinski definition) is 3. The number of benzene rings is 1. The summed E-state index contributed by atoms with van der Waals surface area (Å²) in [5.74, 6) is -0.205. The first kappa shape index (κ1) is 14.9. The van der Waals surface area contributed by atoms with Crippen LogP contribution in [0.3, 0.4) is 0 Å². The van der Waals surface area contributed by atoms with E-state index in [1.807, 2.05) is 13.0 Å². The molecule has 0 unspecified atom stereocenters. The first-order chi connectivity index (χ1) is 8.72. The van der Waals surface area contributed by atoms with Crippen LogP contribution in [0.1, 0.15) is 19.4 Å². The van der Waals surface area contributed by atoms with Crippen molar-refractivity contribution in [2.24, 2.45) is 5.73 Å². The quantitative estimate of drug-likeness (QED) is 0.723. The number of likely N-dealkylation sites (N-methyl/N-ethyl adjacent to an activating group) is 1. The van der Waals surface area contributed by atoms with Gasteiger partial charge in [-0.25, -0.2) is 4.39 Å². The molecule has 0 fully saturated rings. The Morgan fingerprint density at radius 1 is 1.33 bits per heavy atom. The van der Waals surface area contributed by atoms with Crippen LogP contribution in [0, 0.1) is 5.82 Å². The maximum atomic E-state index is 13.3. The molecule has 0 aliphatic heterocycles. The Kier molecular flexibility index (Phi) is 6.68. The summed E-state index contributed by atoms with van der Waals surface area (Å²) in [5.41, 5.74) is 7.60. The second-order valence-electron chi connectivity index (χ2n) is 4.09. The van der Waals surface area contributed by atoms with Gasteiger partial charge in [0.2, 0.25) is 0 Å². The number of anilines is 1. The van der Waals surface area contributed by atoms with E-state index in [0.29, 0.717) is 19.6 Å². The van der Waals surface area contributed by atoms with E-state index >= 15 is 0 Å². The summed E-state index contributed by atoms with van der Waals surface area (Å²) in [6.45, 7) is 7.68. The predicted octanol–water partition coefficient (Wildman–Crippen LogP) is 2.19. The summed E-state index contributed by atoms with van der Waals surface area (Å²) < 4.78 is 18.6. The Labute approximate surface area is 109 Å². The van der Waals surface area contributed by atoms with Gasteiger partial charge in [-0.3, -0.25) is 0 Å². The molecule has 0 amide bonds. The Balaban J connectivity index is 2.82. The van der Waals surface area contributed by atoms with Crippen LogP contribution < -0.4 is 10.6 Å². The standard InChI is InChI=1S/C14H23FN2O/c1-3-17(9-10-18-4-2)14-6-5-13(15)11-12(14)7-8-16/h5-6,11H,3-4,7-10,16H2,1-2H3. The molecule has 1 aromatic rings. The van der Waals surface area contributed by atoms with E-state index in [0.717, 1.165) is 30.9 Å². The average Bonchev–Trinajstić information content (AvgIpc) is 2.36. The van der Waals surface area contributed by atoms with Gasteiger partial charge in [0, 0.05) is 25.4 Å². The number of hydrogen-bond donors (Lipinski definition) is 1. The number of nitrogens with zero attached hydrogens (tertiary/aromatic N) is 1. The number of rotatable bonds is 8. The van der Waals surface area contributed by atoms with Crippen molar-refractivity contribution in [3.05, 3.63) is 29.6 Å². The van der Waals surface area contributed by atoms with Crippen LogP contribution in [0.5, 0.6) is 0 Å². The lowest BCUT2D eigenvalue weighted by molar-refractivity contribution is 0.154. The van der Waals surface area contributed by atoms with Gasteiger partial charge in [-0.15, -0.1) is 0 Å². The van der Waals surface area contributed by atoms with Crippen molar-refractivity contribution in [3.8, 4) is 0 Å². The van der Waals surface area contributed by atoms with Crippen LogP contribution in [0.4, 0.5) is 10.1 Å². The van der Waals surface area contributed by atoms with E-state index in [2.05, 4.69) is 11.8 Å². The van der Waals surface area contributed by atoms with E-state index in [1.54, 1.807) is 6.07 Å². The molecule has 0 radical (unpaired) electrons. The molecule has 0 aliphatic rings. The largest absolute Gasteiger partial charge is 0.380 e. The van der Waals surface area contributed by atoms with Crippen LogP contribution >= 0.6 is 0 Å². The molecular formula is C14H23FN2O. The normalized spacial score (nSPS) is 10.7. The Bertz CT molecular complexity index is 358. The Morgan fingerprint density at radius 2 is 2.11 bits per heavy atom. The summed E-state index contributed by atoms with van der Waals surface area (Å²) in [6.07, 6.45) is 0.693. The van der Waals surface area contributed by atoms with E-state index in [9.17, 15) is 4.39 Å². The SMILES string of the molecule is CCOCCN(CC)c1ccc(F)cc1CCN. The Morgan fingerprint density at radius 3 is 2.72 bits per heavy atom. The zero-order valence-corrected chi connectivity index (χ0v) is 11.3. The lowest BCUT2D eigenvalue weighted by Gasteiger charge is -2.25. The minimum absolute atomic E-state index is 0.205. The third kappa shape index (κ3) is 4.27. The molecule has 1 rings (SSSR count). The highest BCUT2D eigenvalue weighted by atomic mass is 19.1. The fraction of sp³-hybridized carbons (Fsp3) is 0.571. The highest BCUT2D eigenvalue weighted by Crippen LogP contribution is 2.22. The van der Waals surface area contributed by atoms with Crippen LogP contribution in [-0.2, 0) is 11.2 Å². The summed E-state index contributed by atoms with van der Waals surface area (Å²) in [5, 5.41) is 0. The third-order valence-corrected chi connectivity index (χ3v) is 2.89. The second-order valence-corrected chi connectivity index (χ2v) is 4.09. The molecule has 18 heavy (non-hydrogen) atoms. The highest BCUT2D eigenvalue weighted by Gasteiger charge is 2.10. The first-order valence-electron chi connectivity index (χ1n) is 6.54. The van der Waals surface area contributed by atoms with Gasteiger partial charge in [-0.2, -0.15) is 0 Å². The molecule has 2 N–H and O–H groups in total. The monoisotopic (exact) mass is 254 g/mol. The lowest BCUT2D eigenvalue weighted by Crippen LogP contribution is -2.28. The molecule has 102 valence electrons. The van der Waals surface area contributed by atoms with Crippen molar-refractivity contribution in [1.29, 1.82) is 0 Å². The molecule has 4 heteroatoms. The third-order valence-electron chi connectivity index (χ3n) is 2.89. The molecular weight excluding hydrogens is 231 g/mol. The molecule has 0 heterocycles. The molecule has 0 spiro atoms. The topological polar surface area (TPSA) is 38.5 Å². The van der Waals surface area contributed by atoms with E-state index in [1.165, 1.54) is 6.07 Å². The number of nitrogens with two attached hydrogens (primary N) is 1. The zero-order chi connectivity index (χ0) is 13.4. The van der Waals surface area contributed by atoms with Crippen LogP contribution in [0.2, 0.25) is 0 Å². The fourth-order valence-electron chi connectivity index (χ4n) is 1.99. The van der Waals surface area contributed by atoms with Gasteiger partial charge in [-0.1, -0.05) is 0 Å². The average molecular weight is 254 g/mol. The smallest absolute Gasteiger partial charge is 0.123 e. The van der Waals surface area contributed by atoms with Gasteiger partial charge in [0.15, 0.2) is 0 Å². The van der Waals surface area contributed by atoms with Crippen molar-refractivity contribution in [2.45, 2.75) is 20.3 Å². The molecule has 3 nitrogen and oxygen atoms in total. The number of ether oxygens (including phenoxy) is 1. The van der Waals surface area contributed by atoms with Gasteiger partial charge >= 0.3 is 0 Å². The van der Waals surface area contributed by atoms with Gasteiger partial charge in [0.25, 0.3) is 0 Å². The highest BCUT2D eigenvalue weighted by molar-refractivity contribution is 5.54. The van der Waals surface area contributed by atoms with Gasteiger partial charge in [0.05, 0.1) is 6.61 Å². The van der Waals surface area contributed by atoms with Gasteiger partial charge < -0.3 is 15.4 Å². The fourth-order valence-corrected chi connectivity index (χ4v) is 1.99. The first-order valence-corrected chi connectivity index (χ1v) is 6.54. The minimum atomic E-state index is -0.205. The van der Waals surface area contributed by atoms with Gasteiger partial charge in [0.1, 0.15) is 5.82 Å². The summed E-state index contributed by atoms with van der Waals surface area (Å²) in [7, 11) is 0. The van der Waals surface area contributed by atoms with Crippen molar-refractivity contribution in [2.75, 3.05) is 37.7 Å². The summed E-state index contributed by atoms with van der Waals surface area (Å²) in [6, 6.07) is 4.90. The Hall–Kier alpha value is -1.13. The van der Waals surface area contributed by atoms with Crippen LogP contribution in [-0.4, -0.2) is 32.8 Å². The van der Waals surface area contributed by atoms with Crippen LogP contribution in [0.25, 0.3) is 0 Å². The maximum Gasteiger partial charge on any atom is 0.123 e. The zero-order valence-electron chi connectivity index (χ0n) is 11.3. The molecule has 0 saturated heterocycles. The van der Waals surface area contributed by atoms with Crippen molar-refractivity contribution < 1.29 is 9.13 Å². The molecule has 0 bridgehead atoms. The molecule has 0 aliphatic carbocycles. The second kappa shape index (κ2) is 8.06. The minimum Gasteiger partial charge on any atom is -0.380 e. The summed E-state index contributed by atoms with van der Waals surface area (Å²) >= 11 is 0. The molecule has 0 aromatic heterocycles. The molecule has 1 aromatic carbocycles. The number of halogens is 1. The van der Waals surface area contributed by atoms with Crippen LogP contribution in [0.15, 0.2) is 18.2 Å². The van der Waals surface area contributed by atoms with Crippen molar-refractivity contribution in [3.63, 3.8) is 0 Å². The van der Waals surface area contributed by atoms with E-state index < -0.39 is 0 Å². The predicted molar refractivity (Wildman–Crippen MR) is 73.5 cm³/mol.